The lowest BCUT2D eigenvalue weighted by atomic mass is 10.1. The lowest BCUT2D eigenvalue weighted by Gasteiger charge is -2.09. The number of hydrogen-bond donors (Lipinski definition) is 2. The van der Waals surface area contributed by atoms with E-state index in [9.17, 15) is 9.59 Å². The van der Waals surface area contributed by atoms with Gasteiger partial charge in [0.05, 0.1) is 0 Å². The topological polar surface area (TPSA) is 93.5 Å². The van der Waals surface area contributed by atoms with Crippen LogP contribution < -0.4 is 15.6 Å². The first-order chi connectivity index (χ1) is 13.0. The maximum atomic E-state index is 12.1. The minimum absolute atomic E-state index is 0.0697. The molecule has 0 atom stereocenters. The molecule has 2 aromatic carbocycles. The summed E-state index contributed by atoms with van der Waals surface area (Å²) in [5.41, 5.74) is 6.86. The van der Waals surface area contributed by atoms with Gasteiger partial charge in [-0.3, -0.25) is 20.4 Å². The normalized spacial score (nSPS) is 10.3. The number of aromatic nitrogens is 1. The first-order valence-electron chi connectivity index (χ1n) is 8.02. The average molecular weight is 386 g/mol. The van der Waals surface area contributed by atoms with E-state index >= 15 is 0 Å². The minimum Gasteiger partial charge on any atom is -0.489 e. The summed E-state index contributed by atoms with van der Waals surface area (Å²) in [4.78, 5) is 23.8. The van der Waals surface area contributed by atoms with E-state index in [1.165, 1.54) is 12.3 Å². The van der Waals surface area contributed by atoms with Crippen LogP contribution in [-0.4, -0.2) is 17.0 Å². The molecule has 3 rings (SSSR count). The van der Waals surface area contributed by atoms with Gasteiger partial charge in [0.2, 0.25) is 0 Å². The number of hydrazine groups is 1. The van der Waals surface area contributed by atoms with E-state index in [4.69, 9.17) is 16.3 Å². The summed E-state index contributed by atoms with van der Waals surface area (Å²) in [6.07, 6.45) is 1.27. The van der Waals surface area contributed by atoms with Crippen LogP contribution in [0.3, 0.4) is 0 Å². The molecule has 2 N–H and O–H groups in total. The van der Waals surface area contributed by atoms with Crippen LogP contribution in [0.5, 0.6) is 5.75 Å². The van der Waals surface area contributed by atoms with Crippen molar-refractivity contribution in [2.24, 2.45) is 0 Å². The molecule has 1 heterocycles. The summed E-state index contributed by atoms with van der Waals surface area (Å²) in [7, 11) is 0. The summed E-state index contributed by atoms with van der Waals surface area (Å²) < 4.78 is 10.3. The van der Waals surface area contributed by atoms with Gasteiger partial charge < -0.3 is 9.26 Å². The Morgan fingerprint density at radius 1 is 1.07 bits per heavy atom. The molecule has 2 amide bonds. The van der Waals surface area contributed by atoms with E-state index in [2.05, 4.69) is 20.5 Å². The van der Waals surface area contributed by atoms with Gasteiger partial charge in [-0.05, 0) is 48.4 Å². The highest BCUT2D eigenvalue weighted by Crippen LogP contribution is 2.21. The maximum absolute atomic E-state index is 12.1. The zero-order valence-corrected chi connectivity index (χ0v) is 15.1. The summed E-state index contributed by atoms with van der Waals surface area (Å²) in [5, 5.41) is 4.16. The first kappa shape index (κ1) is 18.5. The van der Waals surface area contributed by atoms with Crippen LogP contribution in [0.2, 0.25) is 5.02 Å². The smallest absolute Gasteiger partial charge is 0.291 e. The van der Waals surface area contributed by atoms with Crippen molar-refractivity contribution in [3.63, 3.8) is 0 Å². The summed E-state index contributed by atoms with van der Waals surface area (Å²) in [5.74, 6) is -0.303. The molecular formula is C19H16ClN3O4. The van der Waals surface area contributed by atoms with Crippen molar-refractivity contribution >= 4 is 23.4 Å². The molecule has 138 valence electrons. The monoisotopic (exact) mass is 385 g/mol. The highest BCUT2D eigenvalue weighted by atomic mass is 35.5. The van der Waals surface area contributed by atoms with Gasteiger partial charge in [0, 0.05) is 16.7 Å². The van der Waals surface area contributed by atoms with Crippen LogP contribution in [0.25, 0.3) is 0 Å². The number of rotatable bonds is 5. The number of halogens is 1. The van der Waals surface area contributed by atoms with Crippen molar-refractivity contribution in [2.45, 2.75) is 13.5 Å². The van der Waals surface area contributed by atoms with E-state index in [1.54, 1.807) is 36.4 Å². The highest BCUT2D eigenvalue weighted by Gasteiger charge is 2.11. The largest absolute Gasteiger partial charge is 0.489 e. The number of benzene rings is 2. The van der Waals surface area contributed by atoms with Gasteiger partial charge in [-0.15, -0.1) is 0 Å². The third-order valence-electron chi connectivity index (χ3n) is 3.71. The van der Waals surface area contributed by atoms with Crippen LogP contribution in [-0.2, 0) is 6.61 Å². The second-order valence-corrected chi connectivity index (χ2v) is 6.10. The van der Waals surface area contributed by atoms with E-state index in [0.29, 0.717) is 22.9 Å². The molecule has 0 saturated carbocycles. The molecule has 0 aliphatic rings. The number of nitrogens with zero attached hydrogens (tertiary/aromatic N) is 1. The Kier molecular flexibility index (Phi) is 5.73. The number of ether oxygens (including phenoxy) is 1. The molecule has 0 unspecified atom stereocenters. The van der Waals surface area contributed by atoms with Crippen molar-refractivity contribution in [2.75, 3.05) is 0 Å². The Morgan fingerprint density at radius 2 is 1.81 bits per heavy atom. The third-order valence-corrected chi connectivity index (χ3v) is 4.14. The fraction of sp³-hybridized carbons (Fsp3) is 0.105. The number of aryl methyl sites for hydroxylation is 1. The second-order valence-electron chi connectivity index (χ2n) is 5.69. The van der Waals surface area contributed by atoms with Crippen LogP contribution in [0.1, 0.15) is 32.0 Å². The zero-order valence-electron chi connectivity index (χ0n) is 14.4. The number of carbonyl (C=O) groups is 2. The fourth-order valence-corrected chi connectivity index (χ4v) is 2.32. The fourth-order valence-electron chi connectivity index (χ4n) is 2.21. The van der Waals surface area contributed by atoms with Gasteiger partial charge in [-0.1, -0.05) is 28.9 Å². The molecular weight excluding hydrogens is 370 g/mol. The summed E-state index contributed by atoms with van der Waals surface area (Å²) >= 11 is 5.99. The Bertz CT molecular complexity index is 940. The zero-order chi connectivity index (χ0) is 19.2. The van der Waals surface area contributed by atoms with E-state index in [0.717, 1.165) is 11.1 Å². The predicted molar refractivity (Wildman–Crippen MR) is 98.4 cm³/mol. The van der Waals surface area contributed by atoms with Gasteiger partial charge >= 0.3 is 0 Å². The second kappa shape index (κ2) is 8.37. The van der Waals surface area contributed by atoms with Gasteiger partial charge in [-0.2, -0.15) is 0 Å². The quantitative estimate of drug-likeness (QED) is 0.657. The molecule has 0 aliphatic carbocycles. The van der Waals surface area contributed by atoms with Crippen molar-refractivity contribution in [3.8, 4) is 5.75 Å². The molecule has 0 bridgehead atoms. The SMILES string of the molecule is Cc1cc(OCc2ccc(C(=O)NNC(=O)c3ccon3)cc2)ccc1Cl. The third kappa shape index (κ3) is 4.86. The number of nitrogens with one attached hydrogen (secondary N) is 2. The standard InChI is InChI=1S/C19H16ClN3O4/c1-12-10-15(6-7-16(12)20)26-11-13-2-4-14(5-3-13)18(24)21-22-19(25)17-8-9-27-23-17/h2-10H,11H2,1H3,(H,21,24)(H,22,25). The molecule has 8 heteroatoms. The molecule has 0 saturated heterocycles. The lowest BCUT2D eigenvalue weighted by Crippen LogP contribution is -2.41. The minimum atomic E-state index is -0.569. The molecule has 7 nitrogen and oxygen atoms in total. The maximum Gasteiger partial charge on any atom is 0.291 e. The number of hydrogen-bond acceptors (Lipinski definition) is 5. The van der Waals surface area contributed by atoms with Crippen LogP contribution >= 0.6 is 11.6 Å². The predicted octanol–water partition coefficient (Wildman–Crippen LogP) is 3.29. The van der Waals surface area contributed by atoms with E-state index in [1.807, 2.05) is 13.0 Å². The van der Waals surface area contributed by atoms with Crippen molar-refractivity contribution in [1.82, 2.24) is 16.0 Å². The van der Waals surface area contributed by atoms with Gasteiger partial charge in [0.1, 0.15) is 18.6 Å². The van der Waals surface area contributed by atoms with E-state index < -0.39 is 11.8 Å². The van der Waals surface area contributed by atoms with Gasteiger partial charge in [-0.25, -0.2) is 0 Å². The molecule has 0 radical (unpaired) electrons. The van der Waals surface area contributed by atoms with Crippen molar-refractivity contribution < 1.29 is 18.8 Å². The van der Waals surface area contributed by atoms with Crippen LogP contribution in [0.15, 0.2) is 59.3 Å². The molecule has 0 aliphatic heterocycles. The summed E-state index contributed by atoms with van der Waals surface area (Å²) in [6.45, 7) is 2.26. The van der Waals surface area contributed by atoms with Crippen molar-refractivity contribution in [1.29, 1.82) is 0 Å². The number of carbonyl (C=O) groups excluding carboxylic acids is 2. The van der Waals surface area contributed by atoms with Crippen LogP contribution in [0.4, 0.5) is 0 Å². The molecule has 0 spiro atoms. The van der Waals surface area contributed by atoms with Gasteiger partial charge in [0.25, 0.3) is 11.8 Å². The Labute approximate surface area is 160 Å². The molecule has 1 aromatic heterocycles. The first-order valence-corrected chi connectivity index (χ1v) is 8.39. The molecule has 27 heavy (non-hydrogen) atoms. The summed E-state index contributed by atoms with van der Waals surface area (Å²) in [6, 6.07) is 13.7. The highest BCUT2D eigenvalue weighted by molar-refractivity contribution is 6.31. The van der Waals surface area contributed by atoms with Gasteiger partial charge in [0.15, 0.2) is 5.69 Å². The number of amides is 2. The van der Waals surface area contributed by atoms with Crippen molar-refractivity contribution in [3.05, 3.63) is 82.2 Å². The molecule has 3 aromatic rings. The van der Waals surface area contributed by atoms with E-state index in [-0.39, 0.29) is 5.69 Å². The Morgan fingerprint density at radius 3 is 2.48 bits per heavy atom. The molecule has 0 fully saturated rings. The lowest BCUT2D eigenvalue weighted by molar-refractivity contribution is 0.0841. The Balaban J connectivity index is 1.52. The Hall–Kier alpha value is -3.32. The average Bonchev–Trinajstić information content (AvgIpc) is 3.22. The van der Waals surface area contributed by atoms with Crippen LogP contribution in [0, 0.1) is 6.92 Å².